The van der Waals surface area contributed by atoms with Crippen molar-refractivity contribution < 1.29 is 19.1 Å². The van der Waals surface area contributed by atoms with Crippen LogP contribution in [0.4, 0.5) is 0 Å². The first-order valence-corrected chi connectivity index (χ1v) is 10.4. The molecule has 0 saturated heterocycles. The van der Waals surface area contributed by atoms with Crippen molar-refractivity contribution in [2.45, 2.75) is 76.4 Å². The number of hydrogen-bond donors (Lipinski definition) is 1. The molecule has 0 aliphatic heterocycles. The van der Waals surface area contributed by atoms with E-state index in [1.54, 1.807) is 7.05 Å². The molecule has 7 heteroatoms. The monoisotopic (exact) mass is 403 g/mol. The Hall–Kier alpha value is -1.99. The number of pyridine rings is 1. The number of aromatic nitrogens is 1. The number of ketones is 1. The number of hydrogen-bond acceptors (Lipinski definition) is 7. The fraction of sp³-hybridized carbons (Fsp3) is 0.682. The number of likely N-dealkylation sites (N-methyl/N-ethyl adjacent to an activating group) is 1. The summed E-state index contributed by atoms with van der Waals surface area (Å²) in [6, 6.07) is 3.89. The van der Waals surface area contributed by atoms with Crippen LogP contribution in [0.25, 0.3) is 0 Å². The second kappa shape index (κ2) is 8.40. The molecule has 7 nitrogen and oxygen atoms in total. The van der Waals surface area contributed by atoms with Gasteiger partial charge in [0.05, 0.1) is 12.1 Å². The molecule has 1 aromatic rings. The molecule has 0 amide bonds. The molecule has 4 rings (SSSR count). The molecule has 0 unspecified atom stereocenters. The smallest absolute Gasteiger partial charge is 0.293 e. The van der Waals surface area contributed by atoms with E-state index in [4.69, 9.17) is 10.6 Å². The van der Waals surface area contributed by atoms with E-state index in [0.717, 1.165) is 19.4 Å². The van der Waals surface area contributed by atoms with Crippen LogP contribution in [0, 0.1) is 5.92 Å². The van der Waals surface area contributed by atoms with Crippen LogP contribution in [0.15, 0.2) is 12.1 Å². The van der Waals surface area contributed by atoms with Crippen molar-refractivity contribution in [3.63, 3.8) is 0 Å². The topological polar surface area (TPSA) is 94.8 Å². The zero-order valence-corrected chi connectivity index (χ0v) is 17.9. The summed E-state index contributed by atoms with van der Waals surface area (Å²) in [5.74, 6) is 7.80. The van der Waals surface area contributed by atoms with Gasteiger partial charge in [-0.25, -0.2) is 9.99 Å². The van der Waals surface area contributed by atoms with Gasteiger partial charge in [0.1, 0.15) is 11.3 Å². The first-order chi connectivity index (χ1) is 13.7. The zero-order chi connectivity index (χ0) is 21.2. The van der Waals surface area contributed by atoms with Crippen molar-refractivity contribution >= 4 is 12.3 Å². The third kappa shape index (κ3) is 5.76. The van der Waals surface area contributed by atoms with E-state index in [0.29, 0.717) is 29.9 Å². The van der Waals surface area contributed by atoms with Crippen molar-refractivity contribution in [1.29, 1.82) is 0 Å². The molecule has 1 heterocycles. The number of carbonyl (C=O) groups excluding carboxylic acids is 2. The van der Waals surface area contributed by atoms with Gasteiger partial charge in [-0.2, -0.15) is 0 Å². The van der Waals surface area contributed by atoms with Gasteiger partial charge in [0, 0.05) is 12.6 Å². The summed E-state index contributed by atoms with van der Waals surface area (Å²) in [6.45, 7) is 6.65. The van der Waals surface area contributed by atoms with E-state index in [-0.39, 0.29) is 11.4 Å². The van der Waals surface area contributed by atoms with Gasteiger partial charge in [0.25, 0.3) is 6.47 Å². The number of nitrogens with zero attached hydrogens (tertiary/aromatic N) is 2. The number of rotatable bonds is 8. The summed E-state index contributed by atoms with van der Waals surface area (Å²) in [5, 5.41) is 1.54. The van der Waals surface area contributed by atoms with Crippen molar-refractivity contribution in [2.75, 3.05) is 13.7 Å². The fourth-order valence-electron chi connectivity index (χ4n) is 3.12. The van der Waals surface area contributed by atoms with Crippen LogP contribution in [0.5, 0.6) is 5.88 Å². The normalized spacial score (nSPS) is 19.8. The summed E-state index contributed by atoms with van der Waals surface area (Å²) in [5.41, 5.74) is 0.803. The second-order valence-corrected chi connectivity index (χ2v) is 9.42. The van der Waals surface area contributed by atoms with Gasteiger partial charge >= 0.3 is 0 Å². The van der Waals surface area contributed by atoms with Gasteiger partial charge in [-0.3, -0.25) is 15.4 Å². The number of nitrogens with two attached hydrogens (primary N) is 1. The van der Waals surface area contributed by atoms with Gasteiger partial charge in [-0.05, 0) is 77.2 Å². The van der Waals surface area contributed by atoms with Crippen molar-refractivity contribution in [3.8, 4) is 5.88 Å². The summed E-state index contributed by atoms with van der Waals surface area (Å²) >= 11 is 0. The Bertz CT molecular complexity index is 745. The highest BCUT2D eigenvalue weighted by Crippen LogP contribution is 2.45. The summed E-state index contributed by atoms with van der Waals surface area (Å²) in [4.78, 5) is 26.9. The van der Waals surface area contributed by atoms with Crippen LogP contribution in [-0.2, 0) is 9.53 Å². The molecule has 0 aromatic carbocycles. The predicted octanol–water partition coefficient (Wildman–Crippen LogP) is 3.23. The fourth-order valence-corrected chi connectivity index (χ4v) is 3.12. The van der Waals surface area contributed by atoms with Crippen LogP contribution < -0.4 is 10.6 Å². The van der Waals surface area contributed by atoms with E-state index in [9.17, 15) is 9.59 Å². The Morgan fingerprint density at radius 2 is 1.93 bits per heavy atom. The number of ether oxygens (including phenoxy) is 2. The Labute approximate surface area is 172 Å². The molecule has 0 spiro atoms. The summed E-state index contributed by atoms with van der Waals surface area (Å²) in [6.07, 6.45) is 6.51. The van der Waals surface area contributed by atoms with Crippen molar-refractivity contribution in [1.82, 2.24) is 9.99 Å². The number of hydrazine groups is 1. The molecule has 0 radical (unpaired) electrons. The average molecular weight is 404 g/mol. The molecular formula is C22H33N3O4. The molecule has 2 N–H and O–H groups in total. The van der Waals surface area contributed by atoms with Gasteiger partial charge in [0.2, 0.25) is 11.7 Å². The van der Waals surface area contributed by atoms with E-state index in [1.165, 1.54) is 36.3 Å². The van der Waals surface area contributed by atoms with Crippen LogP contribution in [0.1, 0.15) is 81.3 Å². The van der Waals surface area contributed by atoms with E-state index in [2.05, 4.69) is 9.72 Å². The van der Waals surface area contributed by atoms with Gasteiger partial charge in [-0.1, -0.05) is 6.07 Å². The average Bonchev–Trinajstić information content (AvgIpc) is 3.52. The largest absolute Gasteiger partial charge is 0.477 e. The van der Waals surface area contributed by atoms with Crippen molar-refractivity contribution in [3.05, 3.63) is 23.4 Å². The minimum Gasteiger partial charge on any atom is -0.477 e. The van der Waals surface area contributed by atoms with Gasteiger partial charge in [-0.15, -0.1) is 0 Å². The van der Waals surface area contributed by atoms with E-state index >= 15 is 0 Å². The highest BCUT2D eigenvalue weighted by atomic mass is 16.5. The highest BCUT2D eigenvalue weighted by molar-refractivity contribution is 6.03. The Kier molecular flexibility index (Phi) is 6.29. The molecule has 3 saturated carbocycles. The predicted molar refractivity (Wildman–Crippen MR) is 110 cm³/mol. The van der Waals surface area contributed by atoms with Crippen LogP contribution in [-0.4, -0.2) is 47.0 Å². The third-order valence-electron chi connectivity index (χ3n) is 5.52. The third-order valence-corrected chi connectivity index (χ3v) is 5.52. The minimum atomic E-state index is -0.540. The Morgan fingerprint density at radius 1 is 1.28 bits per heavy atom. The molecule has 3 aliphatic rings. The standard InChI is InChI=1S/C17H23N3O2.C5H10O2/c1-20(18)17(8-9-17)15(21)14-7-6-13(12-4-5-12)16(19-14)22-10-11-2-3-11;1-5(2,3)7-4-6/h6-7,11-12H,2-5,8-10,18H2,1H3;4H,1-3H3. The lowest BCUT2D eigenvalue weighted by Gasteiger charge is -2.21. The zero-order valence-electron chi connectivity index (χ0n) is 17.9. The van der Waals surface area contributed by atoms with Gasteiger partial charge < -0.3 is 9.47 Å². The lowest BCUT2D eigenvalue weighted by molar-refractivity contribution is -0.138. The molecule has 29 heavy (non-hydrogen) atoms. The lowest BCUT2D eigenvalue weighted by atomic mass is 10.1. The quantitative estimate of drug-likeness (QED) is 0.308. The maximum absolute atomic E-state index is 12.7. The number of Topliss-reactive ketones (excluding diaryl/α,β-unsaturated/α-hetero) is 1. The van der Waals surface area contributed by atoms with E-state index < -0.39 is 5.54 Å². The molecule has 3 fully saturated rings. The Balaban J connectivity index is 0.000000298. The highest BCUT2D eigenvalue weighted by Gasteiger charge is 2.53. The molecule has 160 valence electrons. The van der Waals surface area contributed by atoms with Crippen LogP contribution >= 0.6 is 0 Å². The minimum absolute atomic E-state index is 0.0242. The van der Waals surface area contributed by atoms with E-state index in [1.807, 2.05) is 32.9 Å². The maximum Gasteiger partial charge on any atom is 0.293 e. The molecule has 0 bridgehead atoms. The van der Waals surface area contributed by atoms with Crippen LogP contribution in [0.3, 0.4) is 0 Å². The molecular weight excluding hydrogens is 370 g/mol. The van der Waals surface area contributed by atoms with Crippen molar-refractivity contribution in [2.24, 2.45) is 11.8 Å². The first-order valence-electron chi connectivity index (χ1n) is 10.4. The second-order valence-electron chi connectivity index (χ2n) is 9.42. The first kappa shape index (κ1) is 21.7. The summed E-state index contributed by atoms with van der Waals surface area (Å²) < 4.78 is 10.5. The maximum atomic E-state index is 12.7. The molecule has 0 atom stereocenters. The summed E-state index contributed by atoms with van der Waals surface area (Å²) in [7, 11) is 1.76. The molecule has 1 aromatic heterocycles. The molecule has 3 aliphatic carbocycles. The van der Waals surface area contributed by atoms with Gasteiger partial charge in [0.15, 0.2) is 0 Å². The van der Waals surface area contributed by atoms with Crippen LogP contribution in [0.2, 0.25) is 0 Å². The Morgan fingerprint density at radius 3 is 2.34 bits per heavy atom. The number of carbonyl (C=O) groups is 2. The lowest BCUT2D eigenvalue weighted by Crippen LogP contribution is -2.45. The SMILES string of the molecule is CC(C)(C)OC=O.CN(N)C1(C(=O)c2ccc(C3CC3)c(OCC3CC3)n2)CC1.